The van der Waals surface area contributed by atoms with E-state index in [0.29, 0.717) is 0 Å². The molecule has 0 aliphatic rings. The van der Waals surface area contributed by atoms with Gasteiger partial charge < -0.3 is 15.4 Å². The third-order valence-electron chi connectivity index (χ3n) is 7.81. The molecule has 0 aliphatic heterocycles. The molecule has 0 aliphatic carbocycles. The predicted octanol–water partition coefficient (Wildman–Crippen LogP) is 10.8. The minimum atomic E-state index is 0.0158. The summed E-state index contributed by atoms with van der Waals surface area (Å²) in [5, 5.41) is 9.41. The number of fused-ring (bicyclic) bond motifs is 3. The number of rotatable bonds is 7. The van der Waals surface area contributed by atoms with E-state index in [1.165, 1.54) is 10.9 Å². The smallest absolute Gasteiger partial charge is 0.137 e. The van der Waals surface area contributed by atoms with Crippen LogP contribution in [0.1, 0.15) is 26.3 Å². The van der Waals surface area contributed by atoms with Crippen molar-refractivity contribution >= 4 is 44.6 Å². The van der Waals surface area contributed by atoms with Crippen LogP contribution in [0.15, 0.2) is 140 Å². The fourth-order valence-electron chi connectivity index (χ4n) is 5.57. The molecule has 5 aromatic carbocycles. The van der Waals surface area contributed by atoms with Gasteiger partial charge in [0.15, 0.2) is 0 Å². The topological polar surface area (TPSA) is 51.1 Å². The molecule has 0 unspecified atom stereocenters. The number of anilines is 4. The van der Waals surface area contributed by atoms with Crippen molar-refractivity contribution in [2.24, 2.45) is 0 Å². The van der Waals surface area contributed by atoms with Gasteiger partial charge in [-0.15, -0.1) is 0 Å². The predicted molar refractivity (Wildman–Crippen MR) is 183 cm³/mol. The van der Waals surface area contributed by atoms with Crippen molar-refractivity contribution in [2.75, 3.05) is 10.6 Å². The second-order valence-corrected chi connectivity index (χ2v) is 12.0. The van der Waals surface area contributed by atoms with Crippen LogP contribution in [0.2, 0.25) is 0 Å². The fraction of sp³-hybridized carbons (Fsp3) is 0.103. The lowest BCUT2D eigenvalue weighted by Crippen LogP contribution is -2.12. The maximum Gasteiger partial charge on any atom is 0.137 e. The Morgan fingerprint density at radius 2 is 1.23 bits per heavy atom. The van der Waals surface area contributed by atoms with E-state index in [9.17, 15) is 0 Å². The molecular formula is C39H34N4O. The third-order valence-corrected chi connectivity index (χ3v) is 7.81. The maximum atomic E-state index is 6.47. The van der Waals surface area contributed by atoms with Crippen LogP contribution in [0.5, 0.6) is 11.5 Å². The number of para-hydroxylation sites is 4. The van der Waals surface area contributed by atoms with Crippen LogP contribution < -0.4 is 15.4 Å². The van der Waals surface area contributed by atoms with Crippen LogP contribution in [0, 0.1) is 0 Å². The zero-order valence-electron chi connectivity index (χ0n) is 25.1. The largest absolute Gasteiger partial charge is 0.457 e. The highest BCUT2D eigenvalue weighted by molar-refractivity contribution is 6.09. The molecule has 7 rings (SSSR count). The SMILES string of the molecule is CC(C)(C)c1ccnc(-n2c3ccccc3c3ccc(Oc4cccc(Nc5ccccc5Nc5ccccc5)c4)cc32)c1. The molecule has 0 bridgehead atoms. The number of nitrogens with one attached hydrogen (secondary N) is 2. The average molecular weight is 575 g/mol. The van der Waals surface area contributed by atoms with E-state index in [2.05, 4.69) is 109 Å². The summed E-state index contributed by atoms with van der Waals surface area (Å²) in [7, 11) is 0. The highest BCUT2D eigenvalue weighted by atomic mass is 16.5. The van der Waals surface area contributed by atoms with E-state index in [-0.39, 0.29) is 5.41 Å². The first-order valence-corrected chi connectivity index (χ1v) is 14.9. The van der Waals surface area contributed by atoms with E-state index in [4.69, 9.17) is 9.72 Å². The van der Waals surface area contributed by atoms with Gasteiger partial charge in [-0.3, -0.25) is 4.57 Å². The van der Waals surface area contributed by atoms with Gasteiger partial charge >= 0.3 is 0 Å². The van der Waals surface area contributed by atoms with Gasteiger partial charge in [0, 0.05) is 40.5 Å². The molecule has 5 heteroatoms. The molecular weight excluding hydrogens is 540 g/mol. The maximum absolute atomic E-state index is 6.47. The number of ether oxygens (including phenoxy) is 1. The van der Waals surface area contributed by atoms with Gasteiger partial charge in [-0.2, -0.15) is 0 Å². The van der Waals surface area contributed by atoms with Gasteiger partial charge in [-0.1, -0.05) is 75.4 Å². The number of benzene rings is 5. The van der Waals surface area contributed by atoms with Crippen LogP contribution in [-0.2, 0) is 5.41 Å². The second kappa shape index (κ2) is 11.3. The van der Waals surface area contributed by atoms with Crippen molar-refractivity contribution < 1.29 is 4.74 Å². The highest BCUT2D eigenvalue weighted by Gasteiger charge is 2.18. The Morgan fingerprint density at radius 1 is 0.568 bits per heavy atom. The third kappa shape index (κ3) is 5.48. The minimum Gasteiger partial charge on any atom is -0.457 e. The van der Waals surface area contributed by atoms with Crippen molar-refractivity contribution in [1.82, 2.24) is 9.55 Å². The van der Waals surface area contributed by atoms with Crippen molar-refractivity contribution in [3.63, 3.8) is 0 Å². The molecule has 2 heterocycles. The Kier molecular flexibility index (Phi) is 6.99. The summed E-state index contributed by atoms with van der Waals surface area (Å²) in [5.41, 5.74) is 7.37. The van der Waals surface area contributed by atoms with Crippen molar-refractivity contribution in [3.05, 3.63) is 145 Å². The molecule has 0 atom stereocenters. The summed E-state index contributed by atoms with van der Waals surface area (Å²) in [5.74, 6) is 2.41. The van der Waals surface area contributed by atoms with Crippen LogP contribution in [-0.4, -0.2) is 9.55 Å². The molecule has 7 aromatic rings. The van der Waals surface area contributed by atoms with Gasteiger partial charge in [0.25, 0.3) is 0 Å². The molecule has 0 amide bonds. The van der Waals surface area contributed by atoms with Crippen molar-refractivity contribution in [1.29, 1.82) is 0 Å². The molecule has 44 heavy (non-hydrogen) atoms. The van der Waals surface area contributed by atoms with Crippen molar-refractivity contribution in [3.8, 4) is 17.3 Å². The van der Waals surface area contributed by atoms with Gasteiger partial charge in [0.05, 0.1) is 22.4 Å². The number of aromatic nitrogens is 2. The molecule has 0 spiro atoms. The molecule has 2 aromatic heterocycles. The minimum absolute atomic E-state index is 0.0158. The van der Waals surface area contributed by atoms with E-state index in [0.717, 1.165) is 56.5 Å². The Labute approximate surface area is 257 Å². The summed E-state index contributed by atoms with van der Waals surface area (Å²) < 4.78 is 8.70. The number of pyridine rings is 1. The molecule has 2 N–H and O–H groups in total. The lowest BCUT2D eigenvalue weighted by atomic mass is 9.88. The number of hydrogen-bond donors (Lipinski definition) is 2. The van der Waals surface area contributed by atoms with E-state index >= 15 is 0 Å². The molecule has 5 nitrogen and oxygen atoms in total. The summed E-state index contributed by atoms with van der Waals surface area (Å²) in [6, 6.07) is 45.5. The molecule has 0 saturated carbocycles. The second-order valence-electron chi connectivity index (χ2n) is 12.0. The van der Waals surface area contributed by atoms with Crippen LogP contribution >= 0.6 is 0 Å². The van der Waals surface area contributed by atoms with Crippen LogP contribution in [0.3, 0.4) is 0 Å². The Balaban J connectivity index is 1.21. The van der Waals surface area contributed by atoms with Crippen LogP contribution in [0.25, 0.3) is 27.6 Å². The van der Waals surface area contributed by atoms with Gasteiger partial charge in [0.1, 0.15) is 17.3 Å². The van der Waals surface area contributed by atoms with Gasteiger partial charge in [-0.05, 0) is 77.7 Å². The Morgan fingerprint density at radius 3 is 2.02 bits per heavy atom. The average Bonchev–Trinajstić information content (AvgIpc) is 3.36. The number of nitrogens with zero attached hydrogens (tertiary/aromatic N) is 2. The molecule has 216 valence electrons. The lowest BCUT2D eigenvalue weighted by Gasteiger charge is -2.20. The normalized spacial score (nSPS) is 11.5. The quantitative estimate of drug-likeness (QED) is 0.199. The summed E-state index contributed by atoms with van der Waals surface area (Å²) in [4.78, 5) is 4.80. The van der Waals surface area contributed by atoms with E-state index in [1.807, 2.05) is 66.9 Å². The first kappa shape index (κ1) is 27.3. The first-order chi connectivity index (χ1) is 21.4. The lowest BCUT2D eigenvalue weighted by molar-refractivity contribution is 0.483. The summed E-state index contributed by atoms with van der Waals surface area (Å²) in [6.45, 7) is 6.68. The monoisotopic (exact) mass is 574 g/mol. The highest BCUT2D eigenvalue weighted by Crippen LogP contribution is 2.36. The Bertz CT molecular complexity index is 2090. The summed E-state index contributed by atoms with van der Waals surface area (Å²) in [6.07, 6.45) is 1.91. The molecule has 0 saturated heterocycles. The standard InChI is InChI=1S/C39H34N4O/c1-39(2,3)27-22-23-40-38(24-27)43-36-19-10-7-16-32(36)33-21-20-31(26-37(33)43)44-30-15-11-14-29(25-30)42-35-18-9-8-17-34(35)41-28-12-5-4-6-13-28/h4-26,41-42H,1-3H3. The number of hydrogen-bond acceptors (Lipinski definition) is 4. The molecule has 0 radical (unpaired) electrons. The van der Waals surface area contributed by atoms with Gasteiger partial charge in [0.2, 0.25) is 0 Å². The van der Waals surface area contributed by atoms with E-state index in [1.54, 1.807) is 0 Å². The van der Waals surface area contributed by atoms with Crippen molar-refractivity contribution in [2.45, 2.75) is 26.2 Å². The zero-order chi connectivity index (χ0) is 30.1. The van der Waals surface area contributed by atoms with E-state index < -0.39 is 0 Å². The van der Waals surface area contributed by atoms with Crippen LogP contribution in [0.4, 0.5) is 22.7 Å². The first-order valence-electron chi connectivity index (χ1n) is 14.9. The summed E-state index contributed by atoms with van der Waals surface area (Å²) >= 11 is 0. The Hall–Kier alpha value is -5.55. The molecule has 0 fully saturated rings. The fourth-order valence-corrected chi connectivity index (χ4v) is 5.57. The van der Waals surface area contributed by atoms with Gasteiger partial charge in [-0.25, -0.2) is 4.98 Å². The zero-order valence-corrected chi connectivity index (χ0v) is 25.1.